The topological polar surface area (TPSA) is 26.3 Å². The van der Waals surface area contributed by atoms with Crippen molar-refractivity contribution in [1.29, 1.82) is 0 Å². The van der Waals surface area contributed by atoms with Crippen molar-refractivity contribution >= 4 is 5.97 Å². The Labute approximate surface area is 73.6 Å². The summed E-state index contributed by atoms with van der Waals surface area (Å²) in [6.07, 6.45) is 3.76. The summed E-state index contributed by atoms with van der Waals surface area (Å²) in [6, 6.07) is 0. The minimum Gasteiger partial charge on any atom is -0.455 e. The third-order valence-corrected chi connectivity index (χ3v) is 2.13. The van der Waals surface area contributed by atoms with E-state index >= 15 is 0 Å². The van der Waals surface area contributed by atoms with E-state index < -0.39 is 0 Å². The van der Waals surface area contributed by atoms with Crippen molar-refractivity contribution in [2.24, 2.45) is 5.92 Å². The number of hydrogen-bond donors (Lipinski definition) is 0. The molecule has 12 heavy (non-hydrogen) atoms. The summed E-state index contributed by atoms with van der Waals surface area (Å²) in [5.41, 5.74) is 1.15. The molecule has 0 unspecified atom stereocenters. The smallest absolute Gasteiger partial charge is 0.331 e. The SMILES string of the molecule is CC(C)CCC1=CC(=O)O[C@H]1C. The Hall–Kier alpha value is -0.790. The first-order chi connectivity index (χ1) is 5.59. The lowest BCUT2D eigenvalue weighted by atomic mass is 10.0. The maximum atomic E-state index is 10.8. The minimum atomic E-state index is -0.179. The molecular formula is C10H16O2. The van der Waals surface area contributed by atoms with Gasteiger partial charge in [-0.05, 0) is 31.3 Å². The van der Waals surface area contributed by atoms with Gasteiger partial charge in [-0.25, -0.2) is 4.79 Å². The maximum absolute atomic E-state index is 10.8. The first-order valence-corrected chi connectivity index (χ1v) is 4.50. The predicted molar refractivity (Wildman–Crippen MR) is 47.7 cm³/mol. The Balaban J connectivity index is 2.41. The highest BCUT2D eigenvalue weighted by molar-refractivity contribution is 5.85. The molecule has 2 nitrogen and oxygen atoms in total. The molecule has 0 saturated heterocycles. The van der Waals surface area contributed by atoms with E-state index in [4.69, 9.17) is 4.74 Å². The molecule has 0 fully saturated rings. The fourth-order valence-corrected chi connectivity index (χ4v) is 1.28. The van der Waals surface area contributed by atoms with Gasteiger partial charge in [-0.15, -0.1) is 0 Å². The highest BCUT2D eigenvalue weighted by Crippen LogP contribution is 2.21. The fourth-order valence-electron chi connectivity index (χ4n) is 1.28. The molecule has 0 amide bonds. The van der Waals surface area contributed by atoms with E-state index in [1.54, 1.807) is 6.08 Å². The Bertz CT molecular complexity index is 204. The summed E-state index contributed by atoms with van der Waals surface area (Å²) in [5.74, 6) is 0.509. The quantitative estimate of drug-likeness (QED) is 0.604. The highest BCUT2D eigenvalue weighted by Gasteiger charge is 2.20. The summed E-state index contributed by atoms with van der Waals surface area (Å²) >= 11 is 0. The molecule has 2 heteroatoms. The molecule has 68 valence electrons. The molecule has 1 atom stereocenters. The van der Waals surface area contributed by atoms with Crippen molar-refractivity contribution in [3.63, 3.8) is 0 Å². The van der Waals surface area contributed by atoms with Crippen molar-refractivity contribution in [3.05, 3.63) is 11.6 Å². The molecule has 0 spiro atoms. The van der Waals surface area contributed by atoms with E-state index in [2.05, 4.69) is 13.8 Å². The molecule has 0 N–H and O–H groups in total. The lowest BCUT2D eigenvalue weighted by Crippen LogP contribution is -2.06. The number of carbonyl (C=O) groups is 1. The monoisotopic (exact) mass is 168 g/mol. The standard InChI is InChI=1S/C10H16O2/c1-7(2)4-5-9-6-10(11)12-8(9)3/h6-8H,4-5H2,1-3H3/t8-/m0/s1. The number of cyclic esters (lactones) is 1. The first-order valence-electron chi connectivity index (χ1n) is 4.50. The van der Waals surface area contributed by atoms with Crippen LogP contribution in [0.15, 0.2) is 11.6 Å². The van der Waals surface area contributed by atoms with Gasteiger partial charge in [0.15, 0.2) is 0 Å². The number of carbonyl (C=O) groups excluding carboxylic acids is 1. The summed E-state index contributed by atoms with van der Waals surface area (Å²) in [6.45, 7) is 6.29. The van der Waals surface area contributed by atoms with Gasteiger partial charge in [-0.2, -0.15) is 0 Å². The molecule has 0 saturated carbocycles. The van der Waals surface area contributed by atoms with E-state index in [0.29, 0.717) is 5.92 Å². The van der Waals surface area contributed by atoms with Gasteiger partial charge in [0.05, 0.1) is 0 Å². The molecule has 0 aromatic heterocycles. The lowest BCUT2D eigenvalue weighted by Gasteiger charge is -2.09. The Kier molecular flexibility index (Phi) is 2.90. The lowest BCUT2D eigenvalue weighted by molar-refractivity contribution is -0.138. The van der Waals surface area contributed by atoms with Gasteiger partial charge in [0.2, 0.25) is 0 Å². The molecule has 1 heterocycles. The fraction of sp³-hybridized carbons (Fsp3) is 0.700. The zero-order chi connectivity index (χ0) is 9.14. The van der Waals surface area contributed by atoms with Crippen molar-refractivity contribution in [3.8, 4) is 0 Å². The minimum absolute atomic E-state index is 0.0104. The first kappa shape index (κ1) is 9.30. The third-order valence-electron chi connectivity index (χ3n) is 2.13. The summed E-state index contributed by atoms with van der Waals surface area (Å²) < 4.78 is 4.97. The maximum Gasteiger partial charge on any atom is 0.331 e. The van der Waals surface area contributed by atoms with Crippen LogP contribution < -0.4 is 0 Å². The highest BCUT2D eigenvalue weighted by atomic mass is 16.5. The van der Waals surface area contributed by atoms with Crippen LogP contribution in [0.1, 0.15) is 33.6 Å². The second kappa shape index (κ2) is 3.74. The number of hydrogen-bond acceptors (Lipinski definition) is 2. The molecule has 0 aromatic rings. The van der Waals surface area contributed by atoms with E-state index in [1.165, 1.54) is 0 Å². The molecular weight excluding hydrogens is 152 g/mol. The number of esters is 1. The second-order valence-electron chi connectivity index (χ2n) is 3.73. The van der Waals surface area contributed by atoms with Crippen molar-refractivity contribution in [2.75, 3.05) is 0 Å². The largest absolute Gasteiger partial charge is 0.455 e. The van der Waals surface area contributed by atoms with Crippen LogP contribution in [0.3, 0.4) is 0 Å². The van der Waals surface area contributed by atoms with Gasteiger partial charge in [0, 0.05) is 6.08 Å². The van der Waals surface area contributed by atoms with Crippen LogP contribution in [0.5, 0.6) is 0 Å². The Morgan fingerprint density at radius 3 is 2.67 bits per heavy atom. The van der Waals surface area contributed by atoms with Crippen LogP contribution in [-0.4, -0.2) is 12.1 Å². The summed E-state index contributed by atoms with van der Waals surface area (Å²) in [7, 11) is 0. The zero-order valence-electron chi connectivity index (χ0n) is 7.96. The van der Waals surface area contributed by atoms with Gasteiger partial charge < -0.3 is 4.74 Å². The number of ether oxygens (including phenoxy) is 1. The predicted octanol–water partition coefficient (Wildman–Crippen LogP) is 2.29. The van der Waals surface area contributed by atoms with Gasteiger partial charge >= 0.3 is 5.97 Å². The van der Waals surface area contributed by atoms with Gasteiger partial charge in [0.25, 0.3) is 0 Å². The van der Waals surface area contributed by atoms with Gasteiger partial charge in [0.1, 0.15) is 6.10 Å². The van der Waals surface area contributed by atoms with Crippen LogP contribution in [0.2, 0.25) is 0 Å². The molecule has 0 aliphatic carbocycles. The van der Waals surface area contributed by atoms with E-state index in [0.717, 1.165) is 18.4 Å². The van der Waals surface area contributed by atoms with Crippen LogP contribution in [0, 0.1) is 5.92 Å². The summed E-state index contributed by atoms with van der Waals surface area (Å²) in [5, 5.41) is 0. The van der Waals surface area contributed by atoms with Crippen LogP contribution in [0.25, 0.3) is 0 Å². The molecule has 0 radical (unpaired) electrons. The van der Waals surface area contributed by atoms with Crippen molar-refractivity contribution < 1.29 is 9.53 Å². The summed E-state index contributed by atoms with van der Waals surface area (Å²) in [4.78, 5) is 10.8. The molecule has 0 bridgehead atoms. The van der Waals surface area contributed by atoms with Crippen molar-refractivity contribution in [1.82, 2.24) is 0 Å². The second-order valence-corrected chi connectivity index (χ2v) is 3.73. The third kappa shape index (κ3) is 2.36. The van der Waals surface area contributed by atoms with E-state index in [1.807, 2.05) is 6.92 Å². The molecule has 1 aliphatic rings. The van der Waals surface area contributed by atoms with Crippen molar-refractivity contribution in [2.45, 2.75) is 39.7 Å². The number of rotatable bonds is 3. The molecule has 0 aromatic carbocycles. The molecule has 1 aliphatic heterocycles. The average molecular weight is 168 g/mol. The Morgan fingerprint density at radius 2 is 2.25 bits per heavy atom. The van der Waals surface area contributed by atoms with Crippen LogP contribution >= 0.6 is 0 Å². The normalized spacial score (nSPS) is 22.8. The average Bonchev–Trinajstić information content (AvgIpc) is 2.26. The Morgan fingerprint density at radius 1 is 1.58 bits per heavy atom. The van der Waals surface area contributed by atoms with E-state index in [9.17, 15) is 4.79 Å². The van der Waals surface area contributed by atoms with Gasteiger partial charge in [-0.3, -0.25) is 0 Å². The molecule has 1 rings (SSSR count). The van der Waals surface area contributed by atoms with Gasteiger partial charge in [-0.1, -0.05) is 13.8 Å². The van der Waals surface area contributed by atoms with Crippen LogP contribution in [-0.2, 0) is 9.53 Å². The van der Waals surface area contributed by atoms with E-state index in [-0.39, 0.29) is 12.1 Å². The van der Waals surface area contributed by atoms with Crippen LogP contribution in [0.4, 0.5) is 0 Å². The zero-order valence-corrected chi connectivity index (χ0v) is 7.96.